The van der Waals surface area contributed by atoms with E-state index in [1.54, 1.807) is 0 Å². The quantitative estimate of drug-likeness (QED) is 0.842. The molecule has 2 rings (SSSR count). The third-order valence-electron chi connectivity index (χ3n) is 4.75. The molecule has 0 unspecified atom stereocenters. The summed E-state index contributed by atoms with van der Waals surface area (Å²) in [6.07, 6.45) is 6.34. The van der Waals surface area contributed by atoms with Crippen molar-refractivity contribution in [3.8, 4) is 0 Å². The van der Waals surface area contributed by atoms with Crippen LogP contribution in [0.4, 0.5) is 0 Å². The molecule has 2 fully saturated rings. The molecule has 4 nitrogen and oxygen atoms in total. The Bertz CT molecular complexity index is 303. The summed E-state index contributed by atoms with van der Waals surface area (Å²) in [6, 6.07) is 0.699. The van der Waals surface area contributed by atoms with Gasteiger partial charge < -0.3 is 15.5 Å². The van der Waals surface area contributed by atoms with Crippen LogP contribution in [0.3, 0.4) is 0 Å². The largest absolute Gasteiger partial charge is 0.342 e. The van der Waals surface area contributed by atoms with Crippen molar-refractivity contribution in [1.29, 1.82) is 0 Å². The van der Waals surface area contributed by atoms with Crippen molar-refractivity contribution in [1.82, 2.24) is 9.80 Å². The van der Waals surface area contributed by atoms with Crippen LogP contribution in [0.15, 0.2) is 0 Å². The van der Waals surface area contributed by atoms with Crippen LogP contribution in [-0.2, 0) is 4.79 Å². The molecule has 1 amide bonds. The number of hydrogen-bond acceptors (Lipinski definition) is 3. The van der Waals surface area contributed by atoms with Gasteiger partial charge in [-0.2, -0.15) is 0 Å². The Morgan fingerprint density at radius 3 is 2.21 bits per heavy atom. The average Bonchev–Trinajstić information content (AvgIpc) is 2.47. The first-order chi connectivity index (χ1) is 9.04. The molecule has 110 valence electrons. The van der Waals surface area contributed by atoms with Gasteiger partial charge in [0.25, 0.3) is 0 Å². The lowest BCUT2D eigenvalue weighted by molar-refractivity contribution is -0.141. The molecule has 0 radical (unpaired) electrons. The number of amides is 1. The number of piperidine rings is 2. The van der Waals surface area contributed by atoms with Gasteiger partial charge in [0.05, 0.1) is 5.41 Å². The smallest absolute Gasteiger partial charge is 0.229 e. The van der Waals surface area contributed by atoms with Crippen LogP contribution >= 0.6 is 0 Å². The molecular weight excluding hydrogens is 238 g/mol. The lowest BCUT2D eigenvalue weighted by Gasteiger charge is -2.41. The van der Waals surface area contributed by atoms with Gasteiger partial charge >= 0.3 is 0 Å². The second kappa shape index (κ2) is 6.23. The fraction of sp³-hybridized carbons (Fsp3) is 0.933. The second-order valence-electron chi connectivity index (χ2n) is 6.71. The molecule has 2 N–H and O–H groups in total. The Hall–Kier alpha value is -0.610. The highest BCUT2D eigenvalue weighted by molar-refractivity contribution is 5.82. The molecule has 0 spiro atoms. The summed E-state index contributed by atoms with van der Waals surface area (Å²) in [5.74, 6) is 0.229. The van der Waals surface area contributed by atoms with Crippen molar-refractivity contribution in [3.05, 3.63) is 0 Å². The van der Waals surface area contributed by atoms with E-state index in [1.165, 1.54) is 32.4 Å². The van der Waals surface area contributed by atoms with Crippen LogP contribution in [0.25, 0.3) is 0 Å². The summed E-state index contributed by atoms with van der Waals surface area (Å²) >= 11 is 0. The first-order valence-corrected chi connectivity index (χ1v) is 7.78. The highest BCUT2D eigenvalue weighted by atomic mass is 16.2. The van der Waals surface area contributed by atoms with Gasteiger partial charge in [-0.15, -0.1) is 0 Å². The fourth-order valence-electron chi connectivity index (χ4n) is 3.23. The third kappa shape index (κ3) is 3.48. The molecule has 0 aliphatic carbocycles. The van der Waals surface area contributed by atoms with E-state index < -0.39 is 5.41 Å². The van der Waals surface area contributed by atoms with Crippen LogP contribution in [0, 0.1) is 5.41 Å². The lowest BCUT2D eigenvalue weighted by atomic mass is 9.90. The predicted molar refractivity (Wildman–Crippen MR) is 77.9 cm³/mol. The monoisotopic (exact) mass is 267 g/mol. The van der Waals surface area contributed by atoms with E-state index in [0.717, 1.165) is 25.9 Å². The zero-order chi connectivity index (χ0) is 13.9. The average molecular weight is 267 g/mol. The van der Waals surface area contributed by atoms with Gasteiger partial charge in [0.1, 0.15) is 0 Å². The topological polar surface area (TPSA) is 49.6 Å². The fourth-order valence-corrected chi connectivity index (χ4v) is 3.23. The van der Waals surface area contributed by atoms with Gasteiger partial charge in [-0.1, -0.05) is 6.42 Å². The summed E-state index contributed by atoms with van der Waals surface area (Å²) in [5.41, 5.74) is 5.30. The Kier molecular flexibility index (Phi) is 4.85. The van der Waals surface area contributed by atoms with E-state index in [1.807, 2.05) is 18.7 Å². The Balaban J connectivity index is 1.83. The highest BCUT2D eigenvalue weighted by Crippen LogP contribution is 2.24. The number of nitrogens with zero attached hydrogens (tertiary/aromatic N) is 2. The van der Waals surface area contributed by atoms with Crippen molar-refractivity contribution >= 4 is 5.91 Å². The minimum absolute atomic E-state index is 0.229. The van der Waals surface area contributed by atoms with Crippen molar-refractivity contribution in [2.45, 2.75) is 52.0 Å². The SMILES string of the molecule is CC(C)(CN)C(=O)N1CCC(N2CCCCC2)CC1. The van der Waals surface area contributed by atoms with Gasteiger partial charge in [0.2, 0.25) is 5.91 Å². The molecule has 2 aliphatic heterocycles. The lowest BCUT2D eigenvalue weighted by Crippen LogP contribution is -2.52. The van der Waals surface area contributed by atoms with Crippen LogP contribution in [0.5, 0.6) is 0 Å². The zero-order valence-electron chi connectivity index (χ0n) is 12.5. The number of rotatable bonds is 3. The third-order valence-corrected chi connectivity index (χ3v) is 4.75. The normalized spacial score (nSPS) is 23.6. The molecular formula is C15H29N3O. The maximum absolute atomic E-state index is 12.4. The minimum Gasteiger partial charge on any atom is -0.342 e. The molecule has 2 aliphatic rings. The minimum atomic E-state index is -0.405. The molecule has 0 atom stereocenters. The molecule has 0 aromatic rings. The first-order valence-electron chi connectivity index (χ1n) is 7.78. The van der Waals surface area contributed by atoms with Crippen LogP contribution in [0.2, 0.25) is 0 Å². The number of carbonyl (C=O) groups excluding carboxylic acids is 1. The summed E-state index contributed by atoms with van der Waals surface area (Å²) in [5, 5.41) is 0. The van der Waals surface area contributed by atoms with Crippen molar-refractivity contribution < 1.29 is 4.79 Å². The number of likely N-dealkylation sites (tertiary alicyclic amines) is 2. The van der Waals surface area contributed by atoms with Crippen molar-refractivity contribution in [2.75, 3.05) is 32.7 Å². The summed E-state index contributed by atoms with van der Waals surface area (Å²) in [4.78, 5) is 17.0. The number of carbonyl (C=O) groups is 1. The standard InChI is InChI=1S/C15H29N3O/c1-15(2,12-16)14(19)18-10-6-13(7-11-18)17-8-4-3-5-9-17/h13H,3-12,16H2,1-2H3. The number of nitrogens with two attached hydrogens (primary N) is 1. The van der Waals surface area contributed by atoms with Crippen molar-refractivity contribution in [2.24, 2.45) is 11.1 Å². The Morgan fingerprint density at radius 2 is 1.68 bits per heavy atom. The second-order valence-corrected chi connectivity index (χ2v) is 6.71. The molecule has 4 heteroatoms. The molecule has 0 bridgehead atoms. The summed E-state index contributed by atoms with van der Waals surface area (Å²) in [7, 11) is 0. The Morgan fingerprint density at radius 1 is 1.11 bits per heavy atom. The zero-order valence-corrected chi connectivity index (χ0v) is 12.5. The van der Waals surface area contributed by atoms with E-state index in [0.29, 0.717) is 12.6 Å². The van der Waals surface area contributed by atoms with Gasteiger partial charge in [-0.3, -0.25) is 4.79 Å². The van der Waals surface area contributed by atoms with Gasteiger partial charge in [-0.25, -0.2) is 0 Å². The van der Waals surface area contributed by atoms with E-state index in [9.17, 15) is 4.79 Å². The summed E-state index contributed by atoms with van der Waals surface area (Å²) < 4.78 is 0. The molecule has 0 aromatic carbocycles. The maximum Gasteiger partial charge on any atom is 0.229 e. The van der Waals surface area contributed by atoms with Crippen molar-refractivity contribution in [3.63, 3.8) is 0 Å². The summed E-state index contributed by atoms with van der Waals surface area (Å²) in [6.45, 7) is 8.66. The van der Waals surface area contributed by atoms with Gasteiger partial charge in [-0.05, 0) is 52.6 Å². The molecule has 2 heterocycles. The van der Waals surface area contributed by atoms with Crippen LogP contribution in [0.1, 0.15) is 46.0 Å². The van der Waals surface area contributed by atoms with Crippen LogP contribution < -0.4 is 5.73 Å². The van der Waals surface area contributed by atoms with Crippen LogP contribution in [-0.4, -0.2) is 54.5 Å². The van der Waals surface area contributed by atoms with Gasteiger partial charge in [0, 0.05) is 25.7 Å². The van der Waals surface area contributed by atoms with E-state index in [4.69, 9.17) is 5.73 Å². The Labute approximate surface area is 117 Å². The molecule has 0 saturated carbocycles. The highest BCUT2D eigenvalue weighted by Gasteiger charge is 2.34. The van der Waals surface area contributed by atoms with E-state index in [-0.39, 0.29) is 5.91 Å². The maximum atomic E-state index is 12.4. The molecule has 19 heavy (non-hydrogen) atoms. The first kappa shape index (κ1) is 14.8. The number of hydrogen-bond donors (Lipinski definition) is 1. The van der Waals surface area contributed by atoms with Gasteiger partial charge in [0.15, 0.2) is 0 Å². The molecule has 2 saturated heterocycles. The molecule has 0 aromatic heterocycles. The predicted octanol–water partition coefficient (Wildman–Crippen LogP) is 1.45. The van der Waals surface area contributed by atoms with E-state index in [2.05, 4.69) is 4.90 Å². The van der Waals surface area contributed by atoms with E-state index >= 15 is 0 Å².